The van der Waals surface area contributed by atoms with E-state index in [2.05, 4.69) is 31.8 Å². The Labute approximate surface area is 183 Å². The van der Waals surface area contributed by atoms with Crippen LogP contribution in [0.15, 0.2) is 46.0 Å². The van der Waals surface area contributed by atoms with Crippen molar-refractivity contribution >= 4 is 34.0 Å². The molecule has 160 valence electrons. The van der Waals surface area contributed by atoms with Gasteiger partial charge in [-0.15, -0.1) is 0 Å². The lowest BCUT2D eigenvalue weighted by atomic mass is 10.2. The van der Waals surface area contributed by atoms with Crippen molar-refractivity contribution in [1.29, 1.82) is 0 Å². The first kappa shape index (κ1) is 23.2. The zero-order valence-corrected chi connectivity index (χ0v) is 18.8. The van der Waals surface area contributed by atoms with Gasteiger partial charge in [0.2, 0.25) is 0 Å². The molecule has 9 heteroatoms. The third-order valence-electron chi connectivity index (χ3n) is 3.78. The molecule has 0 aromatic heterocycles. The van der Waals surface area contributed by atoms with Gasteiger partial charge >= 0.3 is 0 Å². The minimum atomic E-state index is -0.459. The zero-order chi connectivity index (χ0) is 22.1. The predicted molar refractivity (Wildman–Crippen MR) is 118 cm³/mol. The fourth-order valence-corrected chi connectivity index (χ4v) is 2.90. The number of hydrogen-bond acceptors (Lipinski definition) is 6. The molecule has 0 unspecified atom stereocenters. The van der Waals surface area contributed by atoms with Crippen molar-refractivity contribution in [2.75, 3.05) is 20.8 Å². The van der Waals surface area contributed by atoms with Gasteiger partial charge in [0.1, 0.15) is 5.75 Å². The highest BCUT2D eigenvalue weighted by molar-refractivity contribution is 9.10. The number of hydrazone groups is 1. The SMILES string of the molecule is COc1ccc(C(=O)NCC(=O)N/N=C\c2ccc(OC(C)C)c(Br)c2)cc1OC. The number of amides is 2. The van der Waals surface area contributed by atoms with Crippen LogP contribution in [0.5, 0.6) is 17.2 Å². The summed E-state index contributed by atoms with van der Waals surface area (Å²) in [4.78, 5) is 24.1. The molecule has 0 spiro atoms. The van der Waals surface area contributed by atoms with Crippen LogP contribution in [0.2, 0.25) is 0 Å². The van der Waals surface area contributed by atoms with Gasteiger partial charge in [0, 0.05) is 5.56 Å². The van der Waals surface area contributed by atoms with Gasteiger partial charge in [-0.1, -0.05) is 0 Å². The van der Waals surface area contributed by atoms with Gasteiger partial charge in [0.05, 0.1) is 37.6 Å². The number of hydrogen-bond donors (Lipinski definition) is 2. The number of rotatable bonds is 9. The third-order valence-corrected chi connectivity index (χ3v) is 4.40. The van der Waals surface area contributed by atoms with E-state index in [1.165, 1.54) is 26.5 Å². The molecule has 0 radical (unpaired) electrons. The van der Waals surface area contributed by atoms with Gasteiger partial charge < -0.3 is 19.5 Å². The second-order valence-electron chi connectivity index (χ2n) is 6.40. The molecule has 2 rings (SSSR count). The van der Waals surface area contributed by atoms with E-state index in [9.17, 15) is 9.59 Å². The summed E-state index contributed by atoms with van der Waals surface area (Å²) in [5, 5.41) is 6.43. The van der Waals surface area contributed by atoms with Gasteiger partial charge in [0.15, 0.2) is 11.5 Å². The van der Waals surface area contributed by atoms with E-state index in [-0.39, 0.29) is 12.6 Å². The Hall–Kier alpha value is -3.07. The molecular formula is C21H24BrN3O5. The fourth-order valence-electron chi connectivity index (χ4n) is 2.41. The van der Waals surface area contributed by atoms with E-state index < -0.39 is 11.8 Å². The van der Waals surface area contributed by atoms with Gasteiger partial charge in [-0.3, -0.25) is 9.59 Å². The molecule has 2 aromatic carbocycles. The standard InChI is InChI=1S/C21H24BrN3O5/c1-13(2)30-17-7-5-14(9-16(17)22)11-24-25-20(26)12-23-21(27)15-6-8-18(28-3)19(10-15)29-4/h5-11,13H,12H2,1-4H3,(H,23,27)(H,25,26)/b24-11-. The fraction of sp³-hybridized carbons (Fsp3) is 0.286. The largest absolute Gasteiger partial charge is 0.493 e. The van der Waals surface area contributed by atoms with E-state index in [1.54, 1.807) is 12.1 Å². The Balaban J connectivity index is 1.86. The molecule has 2 N–H and O–H groups in total. The number of halogens is 1. The Morgan fingerprint density at radius 1 is 1.07 bits per heavy atom. The lowest BCUT2D eigenvalue weighted by Crippen LogP contribution is -2.34. The normalized spacial score (nSPS) is 10.7. The highest BCUT2D eigenvalue weighted by Crippen LogP contribution is 2.27. The van der Waals surface area contributed by atoms with Gasteiger partial charge in [-0.05, 0) is 71.7 Å². The Kier molecular flexibility index (Phi) is 8.67. The predicted octanol–water partition coefficient (Wildman–Crippen LogP) is 3.13. The van der Waals surface area contributed by atoms with Crippen molar-refractivity contribution in [2.45, 2.75) is 20.0 Å². The highest BCUT2D eigenvalue weighted by atomic mass is 79.9. The van der Waals surface area contributed by atoms with E-state index in [1.807, 2.05) is 32.0 Å². The molecule has 30 heavy (non-hydrogen) atoms. The molecule has 0 aliphatic carbocycles. The quantitative estimate of drug-likeness (QED) is 0.427. The monoisotopic (exact) mass is 477 g/mol. The van der Waals surface area contributed by atoms with Crippen LogP contribution >= 0.6 is 15.9 Å². The van der Waals surface area contributed by atoms with Gasteiger partial charge in [-0.25, -0.2) is 5.43 Å². The molecule has 0 aliphatic rings. The molecular weight excluding hydrogens is 454 g/mol. The van der Waals surface area contributed by atoms with Crippen molar-refractivity contribution in [3.63, 3.8) is 0 Å². The summed E-state index contributed by atoms with van der Waals surface area (Å²) in [6.07, 6.45) is 1.56. The zero-order valence-electron chi connectivity index (χ0n) is 17.2. The van der Waals surface area contributed by atoms with Crippen molar-refractivity contribution in [3.05, 3.63) is 52.0 Å². The van der Waals surface area contributed by atoms with Crippen LogP contribution in [0.3, 0.4) is 0 Å². The summed E-state index contributed by atoms with van der Waals surface area (Å²) >= 11 is 3.44. The molecule has 0 bridgehead atoms. The second kappa shape index (κ2) is 11.2. The average Bonchev–Trinajstić information content (AvgIpc) is 2.73. The number of nitrogens with one attached hydrogen (secondary N) is 2. The maximum absolute atomic E-state index is 12.2. The summed E-state index contributed by atoms with van der Waals surface area (Å²) in [5.74, 6) is 0.787. The topological polar surface area (TPSA) is 98.2 Å². The molecule has 8 nitrogen and oxygen atoms in total. The highest BCUT2D eigenvalue weighted by Gasteiger charge is 2.11. The van der Waals surface area contributed by atoms with Crippen LogP contribution < -0.4 is 25.0 Å². The van der Waals surface area contributed by atoms with Gasteiger partial charge in [-0.2, -0.15) is 5.10 Å². The lowest BCUT2D eigenvalue weighted by molar-refractivity contribution is -0.120. The molecule has 2 amide bonds. The first-order chi connectivity index (χ1) is 14.3. The Morgan fingerprint density at radius 3 is 2.40 bits per heavy atom. The van der Waals surface area contributed by atoms with Crippen molar-refractivity contribution < 1.29 is 23.8 Å². The molecule has 0 saturated carbocycles. The van der Waals surface area contributed by atoms with Crippen molar-refractivity contribution in [1.82, 2.24) is 10.7 Å². The summed E-state index contributed by atoms with van der Waals surface area (Å²) in [7, 11) is 2.99. The summed E-state index contributed by atoms with van der Waals surface area (Å²) in [6, 6.07) is 10.2. The van der Waals surface area contributed by atoms with E-state index >= 15 is 0 Å². The third kappa shape index (κ3) is 6.77. The maximum Gasteiger partial charge on any atom is 0.259 e. The molecule has 0 saturated heterocycles. The molecule has 2 aromatic rings. The van der Waals surface area contributed by atoms with E-state index in [0.717, 1.165) is 15.8 Å². The van der Waals surface area contributed by atoms with Crippen LogP contribution in [-0.4, -0.2) is 44.9 Å². The number of methoxy groups -OCH3 is 2. The minimum absolute atomic E-state index is 0.0642. The average molecular weight is 478 g/mol. The Bertz CT molecular complexity index is 931. The summed E-state index contributed by atoms with van der Waals surface area (Å²) < 4.78 is 16.7. The van der Waals surface area contributed by atoms with Crippen LogP contribution in [0.25, 0.3) is 0 Å². The van der Waals surface area contributed by atoms with Crippen LogP contribution in [-0.2, 0) is 4.79 Å². The second-order valence-corrected chi connectivity index (χ2v) is 7.26. The number of carbonyl (C=O) groups excluding carboxylic acids is 2. The molecule has 0 aliphatic heterocycles. The smallest absolute Gasteiger partial charge is 0.259 e. The maximum atomic E-state index is 12.2. The molecule has 0 atom stereocenters. The number of carbonyl (C=O) groups is 2. The van der Waals surface area contributed by atoms with Crippen LogP contribution in [0.1, 0.15) is 29.8 Å². The minimum Gasteiger partial charge on any atom is -0.493 e. The number of ether oxygens (including phenoxy) is 3. The van der Waals surface area contributed by atoms with Crippen LogP contribution in [0, 0.1) is 0 Å². The van der Waals surface area contributed by atoms with Crippen molar-refractivity contribution in [2.24, 2.45) is 5.10 Å². The van der Waals surface area contributed by atoms with Crippen molar-refractivity contribution in [3.8, 4) is 17.2 Å². The van der Waals surface area contributed by atoms with Gasteiger partial charge in [0.25, 0.3) is 11.8 Å². The van der Waals surface area contributed by atoms with E-state index in [4.69, 9.17) is 14.2 Å². The number of benzene rings is 2. The number of nitrogens with zero attached hydrogens (tertiary/aromatic N) is 1. The first-order valence-corrected chi connectivity index (χ1v) is 9.91. The van der Waals surface area contributed by atoms with E-state index in [0.29, 0.717) is 17.1 Å². The summed E-state index contributed by atoms with van der Waals surface area (Å²) in [6.45, 7) is 3.66. The lowest BCUT2D eigenvalue weighted by Gasteiger charge is -2.11. The molecule has 0 fully saturated rings. The summed E-state index contributed by atoms with van der Waals surface area (Å²) in [5.41, 5.74) is 3.49. The first-order valence-electron chi connectivity index (χ1n) is 9.12. The molecule has 0 heterocycles. The van der Waals surface area contributed by atoms with Crippen LogP contribution in [0.4, 0.5) is 0 Å². The Morgan fingerprint density at radius 2 is 1.77 bits per heavy atom.